The van der Waals surface area contributed by atoms with Crippen molar-refractivity contribution < 1.29 is 0 Å². The first-order chi connectivity index (χ1) is 10.6. The van der Waals surface area contributed by atoms with Crippen molar-refractivity contribution in [2.24, 2.45) is 0 Å². The molecule has 22 heavy (non-hydrogen) atoms. The lowest BCUT2D eigenvalue weighted by atomic mass is 10.1. The number of nitrogens with zero attached hydrogens (tertiary/aromatic N) is 3. The fourth-order valence-corrected chi connectivity index (χ4v) is 3.11. The summed E-state index contributed by atoms with van der Waals surface area (Å²) in [7, 11) is 0. The number of hydrogen-bond donors (Lipinski definition) is 1. The molecule has 0 amide bonds. The molecule has 1 heterocycles. The monoisotopic (exact) mass is 318 g/mol. The van der Waals surface area contributed by atoms with Gasteiger partial charge in [-0.3, -0.25) is 0 Å². The quantitative estimate of drug-likeness (QED) is 0.810. The lowest BCUT2D eigenvalue weighted by Crippen LogP contribution is -2.38. The molecule has 0 aliphatic heterocycles. The Morgan fingerprint density at radius 2 is 1.86 bits per heavy atom. The van der Waals surface area contributed by atoms with E-state index in [0.29, 0.717) is 12.1 Å². The summed E-state index contributed by atoms with van der Waals surface area (Å²) < 4.78 is 4.53. The molecular formula is C17H26N4S. The molecular weight excluding hydrogens is 292 g/mol. The molecule has 0 spiro atoms. The van der Waals surface area contributed by atoms with Gasteiger partial charge in [0, 0.05) is 43.1 Å². The van der Waals surface area contributed by atoms with Gasteiger partial charge in [-0.05, 0) is 19.4 Å². The van der Waals surface area contributed by atoms with Gasteiger partial charge in [0.2, 0.25) is 5.13 Å². The highest BCUT2D eigenvalue weighted by Gasteiger charge is 2.15. The van der Waals surface area contributed by atoms with Crippen molar-refractivity contribution in [3.8, 4) is 0 Å². The molecule has 5 heteroatoms. The first kappa shape index (κ1) is 16.9. The largest absolute Gasteiger partial charge is 0.343 e. The van der Waals surface area contributed by atoms with Crippen molar-refractivity contribution in [1.29, 1.82) is 0 Å². The summed E-state index contributed by atoms with van der Waals surface area (Å²) in [5.41, 5.74) is 1.25. The summed E-state index contributed by atoms with van der Waals surface area (Å²) in [4.78, 5) is 7.05. The number of anilines is 1. The number of aromatic nitrogens is 2. The van der Waals surface area contributed by atoms with Crippen LogP contribution in [0, 0.1) is 0 Å². The van der Waals surface area contributed by atoms with Crippen LogP contribution in [0.15, 0.2) is 30.3 Å². The first-order valence-corrected chi connectivity index (χ1v) is 8.70. The lowest BCUT2D eigenvalue weighted by Gasteiger charge is -2.26. The van der Waals surface area contributed by atoms with Crippen LogP contribution < -0.4 is 10.2 Å². The summed E-state index contributed by atoms with van der Waals surface area (Å²) in [6.45, 7) is 10.7. The van der Waals surface area contributed by atoms with Crippen LogP contribution >= 0.6 is 11.5 Å². The average Bonchev–Trinajstić information content (AvgIpc) is 2.92. The smallest absolute Gasteiger partial charge is 0.205 e. The van der Waals surface area contributed by atoms with Crippen LogP contribution in [0.4, 0.5) is 5.13 Å². The van der Waals surface area contributed by atoms with Gasteiger partial charge in [-0.2, -0.15) is 4.37 Å². The Morgan fingerprint density at radius 3 is 2.50 bits per heavy atom. The van der Waals surface area contributed by atoms with E-state index in [1.165, 1.54) is 17.1 Å². The second-order valence-electron chi connectivity index (χ2n) is 6.05. The molecule has 0 aliphatic carbocycles. The average molecular weight is 318 g/mol. The molecule has 2 aromatic rings. The summed E-state index contributed by atoms with van der Waals surface area (Å²) in [5.74, 6) is 0.911. The third-order valence-corrected chi connectivity index (χ3v) is 4.23. The maximum Gasteiger partial charge on any atom is 0.205 e. The van der Waals surface area contributed by atoms with Crippen LogP contribution in [0.1, 0.15) is 39.1 Å². The molecule has 0 bridgehead atoms. The van der Waals surface area contributed by atoms with Gasteiger partial charge in [0.1, 0.15) is 5.82 Å². The Morgan fingerprint density at radius 1 is 1.14 bits per heavy atom. The van der Waals surface area contributed by atoms with Gasteiger partial charge in [-0.15, -0.1) is 0 Å². The second kappa shape index (κ2) is 8.25. The van der Waals surface area contributed by atoms with Crippen molar-refractivity contribution in [2.45, 2.75) is 46.2 Å². The Bertz CT molecular complexity index is 551. The van der Waals surface area contributed by atoms with Crippen LogP contribution in [0.5, 0.6) is 0 Å². The Labute approximate surface area is 137 Å². The predicted molar refractivity (Wildman–Crippen MR) is 94.8 cm³/mol. The molecule has 120 valence electrons. The zero-order valence-electron chi connectivity index (χ0n) is 13.9. The van der Waals surface area contributed by atoms with Gasteiger partial charge >= 0.3 is 0 Å². The molecule has 2 rings (SSSR count). The number of benzene rings is 1. The molecule has 1 aromatic carbocycles. The number of nitrogens with one attached hydrogen (secondary N) is 1. The summed E-state index contributed by atoms with van der Waals surface area (Å²) in [6, 6.07) is 11.3. The van der Waals surface area contributed by atoms with Gasteiger partial charge in [0.05, 0.1) is 0 Å². The molecule has 0 radical (unpaired) electrons. The Hall–Kier alpha value is -1.46. The van der Waals surface area contributed by atoms with Crippen molar-refractivity contribution in [3.05, 3.63) is 41.7 Å². The normalized spacial score (nSPS) is 11.4. The summed E-state index contributed by atoms with van der Waals surface area (Å²) in [5, 5.41) is 4.48. The Balaban J connectivity index is 2.00. The van der Waals surface area contributed by atoms with Gasteiger partial charge in [-0.1, -0.05) is 44.2 Å². The molecule has 0 aliphatic rings. The van der Waals surface area contributed by atoms with E-state index >= 15 is 0 Å². The van der Waals surface area contributed by atoms with Gasteiger partial charge in [-0.25, -0.2) is 4.98 Å². The highest BCUT2D eigenvalue weighted by atomic mass is 32.1. The van der Waals surface area contributed by atoms with Crippen molar-refractivity contribution in [3.63, 3.8) is 0 Å². The molecule has 1 N–H and O–H groups in total. The van der Waals surface area contributed by atoms with E-state index in [4.69, 9.17) is 4.98 Å². The summed E-state index contributed by atoms with van der Waals surface area (Å²) in [6.07, 6.45) is 0.799. The number of hydrogen-bond acceptors (Lipinski definition) is 5. The van der Waals surface area contributed by atoms with E-state index in [-0.39, 0.29) is 0 Å². The molecule has 0 fully saturated rings. The molecule has 0 saturated heterocycles. The highest BCUT2D eigenvalue weighted by molar-refractivity contribution is 7.09. The predicted octanol–water partition coefficient (Wildman–Crippen LogP) is 3.34. The van der Waals surface area contributed by atoms with Gasteiger partial charge in [0.25, 0.3) is 0 Å². The van der Waals surface area contributed by atoms with Crippen LogP contribution in [-0.2, 0) is 6.42 Å². The van der Waals surface area contributed by atoms with E-state index in [1.807, 2.05) is 6.07 Å². The topological polar surface area (TPSA) is 41.0 Å². The third-order valence-electron chi connectivity index (χ3n) is 3.44. The summed E-state index contributed by atoms with van der Waals surface area (Å²) >= 11 is 1.50. The molecule has 1 aromatic heterocycles. The third kappa shape index (κ3) is 5.07. The van der Waals surface area contributed by atoms with Crippen molar-refractivity contribution in [1.82, 2.24) is 14.7 Å². The van der Waals surface area contributed by atoms with E-state index in [1.54, 1.807) is 0 Å². The highest BCUT2D eigenvalue weighted by Crippen LogP contribution is 2.20. The molecule has 4 nitrogen and oxygen atoms in total. The van der Waals surface area contributed by atoms with E-state index in [0.717, 1.165) is 30.5 Å². The van der Waals surface area contributed by atoms with Gasteiger partial charge < -0.3 is 10.2 Å². The molecule has 0 unspecified atom stereocenters. The fraction of sp³-hybridized carbons (Fsp3) is 0.529. The van der Waals surface area contributed by atoms with Crippen molar-refractivity contribution in [2.75, 3.05) is 18.0 Å². The minimum atomic E-state index is 0.423. The Kier molecular flexibility index (Phi) is 6.34. The first-order valence-electron chi connectivity index (χ1n) is 7.92. The lowest BCUT2D eigenvalue weighted by molar-refractivity contribution is 0.564. The van der Waals surface area contributed by atoms with Crippen LogP contribution in [0.3, 0.4) is 0 Å². The SMILES string of the molecule is CC(C)NCCN(c1nc(Cc2ccccc2)ns1)C(C)C. The fourth-order valence-electron chi connectivity index (χ4n) is 2.26. The van der Waals surface area contributed by atoms with Crippen LogP contribution in [0.2, 0.25) is 0 Å². The minimum absolute atomic E-state index is 0.423. The van der Waals surface area contributed by atoms with E-state index in [2.05, 4.69) is 66.6 Å². The maximum absolute atomic E-state index is 4.73. The minimum Gasteiger partial charge on any atom is -0.343 e. The maximum atomic E-state index is 4.73. The van der Waals surface area contributed by atoms with E-state index < -0.39 is 0 Å². The van der Waals surface area contributed by atoms with Crippen LogP contribution in [0.25, 0.3) is 0 Å². The molecule has 0 saturated carbocycles. The zero-order valence-corrected chi connectivity index (χ0v) is 14.7. The van der Waals surface area contributed by atoms with E-state index in [9.17, 15) is 0 Å². The molecule has 0 atom stereocenters. The van der Waals surface area contributed by atoms with Crippen LogP contribution in [-0.4, -0.2) is 34.5 Å². The second-order valence-corrected chi connectivity index (χ2v) is 6.78. The zero-order chi connectivity index (χ0) is 15.9. The standard InChI is InChI=1S/C17H26N4S/c1-13(2)18-10-11-21(14(3)4)17-19-16(20-22-17)12-15-8-6-5-7-9-15/h5-9,13-14,18H,10-12H2,1-4H3. The number of rotatable bonds is 8. The van der Waals surface area contributed by atoms with Gasteiger partial charge in [0.15, 0.2) is 0 Å². The van der Waals surface area contributed by atoms with Crippen molar-refractivity contribution >= 4 is 16.7 Å².